The van der Waals surface area contributed by atoms with Gasteiger partial charge in [0.2, 0.25) is 11.8 Å². The molecule has 0 aliphatic rings. The van der Waals surface area contributed by atoms with Crippen LogP contribution in [0.5, 0.6) is 0 Å². The van der Waals surface area contributed by atoms with E-state index in [2.05, 4.69) is 26.1 Å². The third kappa shape index (κ3) is 4.55. The first-order valence-electron chi connectivity index (χ1n) is 7.66. The van der Waals surface area contributed by atoms with Gasteiger partial charge in [0.15, 0.2) is 0 Å². The second kappa shape index (κ2) is 7.58. The summed E-state index contributed by atoms with van der Waals surface area (Å²) in [6, 6.07) is 6.73. The third-order valence-electron chi connectivity index (χ3n) is 3.40. The summed E-state index contributed by atoms with van der Waals surface area (Å²) in [4.78, 5) is 42.5. The predicted octanol–water partition coefficient (Wildman–Crippen LogP) is 0.414. The standard InChI is InChI=1S/C16H21N5O3/c1-9(2)15(17-10(3)22)16(24)21-20-14(23)8-13-18-11-6-4-5-7-12(11)19-13/h4-7,9,15H,8H2,1-3H3,(H,17,22)(H,18,19)(H,20,23)(H,21,24)/t15-/m1/s1. The lowest BCUT2D eigenvalue weighted by Crippen LogP contribution is -2.54. The molecule has 0 saturated heterocycles. The van der Waals surface area contributed by atoms with Crippen LogP contribution in [-0.2, 0) is 20.8 Å². The zero-order chi connectivity index (χ0) is 17.7. The Bertz CT molecular complexity index is 720. The minimum atomic E-state index is -0.714. The lowest BCUT2D eigenvalue weighted by molar-refractivity contribution is -0.132. The van der Waals surface area contributed by atoms with E-state index in [0.717, 1.165) is 11.0 Å². The SMILES string of the molecule is CC(=O)N[C@@H](C(=O)NNC(=O)Cc1nc2ccccc2[nH]1)C(C)C. The molecule has 24 heavy (non-hydrogen) atoms. The van der Waals surface area contributed by atoms with E-state index in [4.69, 9.17) is 0 Å². The van der Waals surface area contributed by atoms with Crippen LogP contribution in [0.25, 0.3) is 11.0 Å². The first-order valence-corrected chi connectivity index (χ1v) is 7.66. The number of rotatable bonds is 5. The summed E-state index contributed by atoms with van der Waals surface area (Å²) in [5.74, 6) is -0.797. The number of imidazole rings is 1. The van der Waals surface area contributed by atoms with Crippen molar-refractivity contribution in [3.63, 3.8) is 0 Å². The van der Waals surface area contributed by atoms with Gasteiger partial charge in [-0.25, -0.2) is 4.98 Å². The topological polar surface area (TPSA) is 116 Å². The average Bonchev–Trinajstić information content (AvgIpc) is 2.91. The van der Waals surface area contributed by atoms with Crippen LogP contribution in [-0.4, -0.2) is 33.7 Å². The molecule has 8 nitrogen and oxygen atoms in total. The van der Waals surface area contributed by atoms with E-state index in [0.29, 0.717) is 5.82 Å². The van der Waals surface area contributed by atoms with E-state index in [-0.39, 0.29) is 18.2 Å². The largest absolute Gasteiger partial charge is 0.344 e. The highest BCUT2D eigenvalue weighted by Gasteiger charge is 2.23. The maximum atomic E-state index is 12.1. The van der Waals surface area contributed by atoms with E-state index in [1.54, 1.807) is 13.8 Å². The highest BCUT2D eigenvalue weighted by atomic mass is 16.2. The molecule has 4 N–H and O–H groups in total. The average molecular weight is 331 g/mol. The molecule has 1 atom stereocenters. The maximum absolute atomic E-state index is 12.1. The highest BCUT2D eigenvalue weighted by Crippen LogP contribution is 2.10. The Hall–Kier alpha value is -2.90. The smallest absolute Gasteiger partial charge is 0.261 e. The Balaban J connectivity index is 1.89. The number of carbonyl (C=O) groups excluding carboxylic acids is 3. The molecule has 0 spiro atoms. The number of aromatic nitrogens is 2. The second-order valence-electron chi connectivity index (χ2n) is 5.84. The van der Waals surface area contributed by atoms with Gasteiger partial charge in [-0.2, -0.15) is 0 Å². The van der Waals surface area contributed by atoms with Gasteiger partial charge in [0.05, 0.1) is 17.5 Å². The number of fused-ring (bicyclic) bond motifs is 1. The molecule has 0 bridgehead atoms. The highest BCUT2D eigenvalue weighted by molar-refractivity contribution is 5.89. The van der Waals surface area contributed by atoms with Gasteiger partial charge >= 0.3 is 0 Å². The number of hydrogen-bond donors (Lipinski definition) is 4. The summed E-state index contributed by atoms with van der Waals surface area (Å²) < 4.78 is 0. The molecule has 8 heteroatoms. The van der Waals surface area contributed by atoms with Gasteiger partial charge < -0.3 is 10.3 Å². The van der Waals surface area contributed by atoms with Crippen molar-refractivity contribution in [2.24, 2.45) is 5.92 Å². The predicted molar refractivity (Wildman–Crippen MR) is 88.5 cm³/mol. The Morgan fingerprint density at radius 2 is 1.88 bits per heavy atom. The molecule has 2 rings (SSSR count). The summed E-state index contributed by atoms with van der Waals surface area (Å²) in [6.45, 7) is 4.94. The zero-order valence-electron chi connectivity index (χ0n) is 13.8. The molecule has 0 fully saturated rings. The first-order chi connectivity index (χ1) is 11.4. The second-order valence-corrected chi connectivity index (χ2v) is 5.84. The maximum Gasteiger partial charge on any atom is 0.261 e. The fourth-order valence-corrected chi connectivity index (χ4v) is 2.25. The van der Waals surface area contributed by atoms with E-state index >= 15 is 0 Å². The van der Waals surface area contributed by atoms with Crippen molar-refractivity contribution in [1.82, 2.24) is 26.1 Å². The number of benzene rings is 1. The summed E-state index contributed by atoms with van der Waals surface area (Å²) >= 11 is 0. The van der Waals surface area contributed by atoms with Crippen LogP contribution in [0.1, 0.15) is 26.6 Å². The third-order valence-corrected chi connectivity index (χ3v) is 3.40. The number of carbonyl (C=O) groups is 3. The number of nitrogens with zero attached hydrogens (tertiary/aromatic N) is 1. The number of H-pyrrole nitrogens is 1. The molecule has 0 aliphatic carbocycles. The summed E-state index contributed by atoms with van der Waals surface area (Å²) in [5, 5.41) is 2.55. The quantitative estimate of drug-likeness (QED) is 0.594. The van der Waals surface area contributed by atoms with Gasteiger partial charge in [0.25, 0.3) is 5.91 Å². The van der Waals surface area contributed by atoms with Crippen LogP contribution < -0.4 is 16.2 Å². The Morgan fingerprint density at radius 3 is 2.50 bits per heavy atom. The molecule has 0 aliphatic heterocycles. The van der Waals surface area contributed by atoms with Crippen molar-refractivity contribution in [3.05, 3.63) is 30.1 Å². The van der Waals surface area contributed by atoms with Gasteiger partial charge in [-0.3, -0.25) is 25.2 Å². The number of hydrogen-bond acceptors (Lipinski definition) is 4. The molecular weight excluding hydrogens is 310 g/mol. The van der Waals surface area contributed by atoms with Crippen LogP contribution in [0, 0.1) is 5.92 Å². The number of para-hydroxylation sites is 2. The molecular formula is C16H21N5O3. The molecule has 128 valence electrons. The zero-order valence-corrected chi connectivity index (χ0v) is 13.8. The summed E-state index contributed by atoms with van der Waals surface area (Å²) in [5.41, 5.74) is 6.28. The van der Waals surface area contributed by atoms with Crippen LogP contribution in [0.15, 0.2) is 24.3 Å². The molecule has 1 aromatic heterocycles. The van der Waals surface area contributed by atoms with Crippen molar-refractivity contribution < 1.29 is 14.4 Å². The van der Waals surface area contributed by atoms with Crippen LogP contribution in [0.2, 0.25) is 0 Å². The van der Waals surface area contributed by atoms with Gasteiger partial charge in [-0.05, 0) is 18.1 Å². The minimum absolute atomic E-state index is 0.00143. The normalized spacial score (nSPS) is 12.0. The Kier molecular flexibility index (Phi) is 5.51. The molecule has 0 saturated carbocycles. The number of hydrazine groups is 1. The summed E-state index contributed by atoms with van der Waals surface area (Å²) in [7, 11) is 0. The number of aromatic amines is 1. The van der Waals surface area contributed by atoms with Crippen molar-refractivity contribution >= 4 is 28.8 Å². The van der Waals surface area contributed by atoms with Crippen LogP contribution >= 0.6 is 0 Å². The molecule has 1 aromatic carbocycles. The lowest BCUT2D eigenvalue weighted by atomic mass is 10.0. The fourth-order valence-electron chi connectivity index (χ4n) is 2.25. The number of nitrogens with one attached hydrogen (secondary N) is 4. The van der Waals surface area contributed by atoms with Crippen LogP contribution in [0.4, 0.5) is 0 Å². The molecule has 2 aromatic rings. The van der Waals surface area contributed by atoms with Crippen LogP contribution in [0.3, 0.4) is 0 Å². The van der Waals surface area contributed by atoms with Crippen molar-refractivity contribution in [3.8, 4) is 0 Å². The van der Waals surface area contributed by atoms with Crippen molar-refractivity contribution in [2.75, 3.05) is 0 Å². The van der Waals surface area contributed by atoms with E-state index < -0.39 is 17.9 Å². The van der Waals surface area contributed by atoms with E-state index in [1.165, 1.54) is 6.92 Å². The molecule has 0 radical (unpaired) electrons. The first kappa shape index (κ1) is 17.5. The summed E-state index contributed by atoms with van der Waals surface area (Å²) in [6.07, 6.45) is 0.00143. The van der Waals surface area contributed by atoms with E-state index in [1.807, 2.05) is 24.3 Å². The number of amides is 3. The van der Waals surface area contributed by atoms with Crippen molar-refractivity contribution in [2.45, 2.75) is 33.2 Å². The van der Waals surface area contributed by atoms with Gasteiger partial charge in [0, 0.05) is 6.92 Å². The molecule has 0 unspecified atom stereocenters. The lowest BCUT2D eigenvalue weighted by Gasteiger charge is -2.20. The van der Waals surface area contributed by atoms with Gasteiger partial charge in [-0.1, -0.05) is 26.0 Å². The fraction of sp³-hybridized carbons (Fsp3) is 0.375. The molecule has 3 amide bonds. The molecule has 1 heterocycles. The Morgan fingerprint density at radius 1 is 1.17 bits per heavy atom. The van der Waals surface area contributed by atoms with Gasteiger partial charge in [0.1, 0.15) is 11.9 Å². The Labute approximate surface area is 139 Å². The van der Waals surface area contributed by atoms with Gasteiger partial charge in [-0.15, -0.1) is 0 Å². The monoisotopic (exact) mass is 331 g/mol. The van der Waals surface area contributed by atoms with Crippen molar-refractivity contribution in [1.29, 1.82) is 0 Å². The van der Waals surface area contributed by atoms with E-state index in [9.17, 15) is 14.4 Å². The minimum Gasteiger partial charge on any atom is -0.344 e.